The number of nitrogens with zero attached hydrogens (tertiary/aromatic N) is 3. The Labute approximate surface area is 159 Å². The molecule has 140 valence electrons. The van der Waals surface area contributed by atoms with Crippen molar-refractivity contribution >= 4 is 23.4 Å². The van der Waals surface area contributed by atoms with Crippen molar-refractivity contribution in [3.05, 3.63) is 59.7 Å². The maximum Gasteiger partial charge on any atom is 0.237 e. The highest BCUT2D eigenvalue weighted by atomic mass is 32.2. The molecule has 0 saturated heterocycles. The van der Waals surface area contributed by atoms with Crippen LogP contribution >= 0.6 is 11.8 Å². The number of hydrogen-bond acceptors (Lipinski definition) is 4. The van der Waals surface area contributed by atoms with Crippen LogP contribution in [0.3, 0.4) is 0 Å². The van der Waals surface area contributed by atoms with Crippen molar-refractivity contribution in [2.75, 3.05) is 5.32 Å². The Balaban J connectivity index is 1.71. The van der Waals surface area contributed by atoms with Crippen LogP contribution in [0.4, 0.5) is 14.5 Å². The number of rotatable bonds is 5. The van der Waals surface area contributed by atoms with E-state index in [1.807, 2.05) is 38.2 Å². The number of halogens is 2. The van der Waals surface area contributed by atoms with Gasteiger partial charge in [0.2, 0.25) is 5.91 Å². The molecule has 2 aromatic carbocycles. The third-order valence-electron chi connectivity index (χ3n) is 3.99. The number of amides is 1. The number of anilines is 1. The van der Waals surface area contributed by atoms with Gasteiger partial charge in [-0.05, 0) is 26.0 Å². The molecule has 1 amide bonds. The molecule has 3 rings (SSSR count). The second-order valence-electron chi connectivity index (χ2n) is 6.10. The summed E-state index contributed by atoms with van der Waals surface area (Å²) in [6.07, 6.45) is 0. The minimum atomic E-state index is -0.819. The SMILES string of the molecule is Cc1ccc(-c2nnc(SC(C)C(=O)Nc3ccc(F)cc3F)n2C)cc1. The molecule has 0 fully saturated rings. The smallest absolute Gasteiger partial charge is 0.237 e. The topological polar surface area (TPSA) is 59.8 Å². The van der Waals surface area contributed by atoms with E-state index in [1.54, 1.807) is 11.5 Å². The van der Waals surface area contributed by atoms with Gasteiger partial charge in [0.15, 0.2) is 11.0 Å². The minimum absolute atomic E-state index is 0.0628. The van der Waals surface area contributed by atoms with Crippen molar-refractivity contribution in [2.24, 2.45) is 7.05 Å². The van der Waals surface area contributed by atoms with Gasteiger partial charge in [0.25, 0.3) is 0 Å². The van der Waals surface area contributed by atoms with E-state index in [1.165, 1.54) is 17.8 Å². The highest BCUT2D eigenvalue weighted by Gasteiger charge is 2.20. The summed E-state index contributed by atoms with van der Waals surface area (Å²) in [5.74, 6) is -1.24. The highest BCUT2D eigenvalue weighted by molar-refractivity contribution is 8.00. The molecule has 0 spiro atoms. The van der Waals surface area contributed by atoms with E-state index in [2.05, 4.69) is 15.5 Å². The first-order chi connectivity index (χ1) is 12.8. The van der Waals surface area contributed by atoms with Gasteiger partial charge in [0.1, 0.15) is 11.6 Å². The van der Waals surface area contributed by atoms with Crippen LogP contribution in [-0.2, 0) is 11.8 Å². The summed E-state index contributed by atoms with van der Waals surface area (Å²) in [5, 5.41) is 10.8. The first kappa shape index (κ1) is 19.0. The maximum absolute atomic E-state index is 13.7. The van der Waals surface area contributed by atoms with E-state index >= 15 is 0 Å². The van der Waals surface area contributed by atoms with Crippen molar-refractivity contribution in [1.29, 1.82) is 0 Å². The number of benzene rings is 2. The van der Waals surface area contributed by atoms with Crippen molar-refractivity contribution in [3.63, 3.8) is 0 Å². The fourth-order valence-electron chi connectivity index (χ4n) is 2.41. The van der Waals surface area contributed by atoms with Gasteiger partial charge in [0.05, 0.1) is 10.9 Å². The zero-order valence-corrected chi connectivity index (χ0v) is 15.8. The first-order valence-electron chi connectivity index (χ1n) is 8.24. The molecule has 8 heteroatoms. The van der Waals surface area contributed by atoms with Crippen LogP contribution in [0.25, 0.3) is 11.4 Å². The van der Waals surface area contributed by atoms with Gasteiger partial charge in [-0.1, -0.05) is 41.6 Å². The van der Waals surface area contributed by atoms with E-state index in [0.717, 1.165) is 23.3 Å². The van der Waals surface area contributed by atoms with Crippen molar-refractivity contribution in [3.8, 4) is 11.4 Å². The molecule has 5 nitrogen and oxygen atoms in total. The summed E-state index contributed by atoms with van der Waals surface area (Å²) < 4.78 is 28.5. The molecular weight excluding hydrogens is 370 g/mol. The molecular formula is C19H18F2N4OS. The lowest BCUT2D eigenvalue weighted by molar-refractivity contribution is -0.115. The Morgan fingerprint density at radius 2 is 1.85 bits per heavy atom. The molecule has 0 saturated carbocycles. The molecule has 0 radical (unpaired) electrons. The van der Waals surface area contributed by atoms with E-state index in [9.17, 15) is 13.6 Å². The molecule has 0 aliphatic rings. The molecule has 0 bridgehead atoms. The van der Waals surface area contributed by atoms with Crippen molar-refractivity contribution < 1.29 is 13.6 Å². The maximum atomic E-state index is 13.7. The standard InChI is InChI=1S/C19H18F2N4OS/c1-11-4-6-13(7-5-11)17-23-24-19(25(17)3)27-12(2)18(26)22-16-9-8-14(20)10-15(16)21/h4-10,12H,1-3H3,(H,22,26). The second kappa shape index (κ2) is 7.87. The number of carbonyl (C=O) groups is 1. The summed E-state index contributed by atoms with van der Waals surface area (Å²) >= 11 is 1.21. The molecule has 3 aromatic rings. The Morgan fingerprint density at radius 1 is 1.15 bits per heavy atom. The number of carbonyl (C=O) groups excluding carboxylic acids is 1. The fraction of sp³-hybridized carbons (Fsp3) is 0.211. The molecule has 1 aromatic heterocycles. The Kier molecular flexibility index (Phi) is 5.55. The Hall–Kier alpha value is -2.74. The molecule has 0 aliphatic heterocycles. The number of thioether (sulfide) groups is 1. The average Bonchev–Trinajstić information content (AvgIpc) is 2.98. The third kappa shape index (κ3) is 4.33. The van der Waals surface area contributed by atoms with E-state index in [4.69, 9.17) is 0 Å². The summed E-state index contributed by atoms with van der Waals surface area (Å²) in [6.45, 7) is 3.69. The van der Waals surface area contributed by atoms with Gasteiger partial charge in [-0.3, -0.25) is 4.79 Å². The third-order valence-corrected chi connectivity index (χ3v) is 5.12. The van der Waals surface area contributed by atoms with Crippen LogP contribution in [0, 0.1) is 18.6 Å². The molecule has 1 N–H and O–H groups in total. The quantitative estimate of drug-likeness (QED) is 0.666. The van der Waals surface area contributed by atoms with Crippen LogP contribution in [0.1, 0.15) is 12.5 Å². The summed E-state index contributed by atoms with van der Waals surface area (Å²) in [7, 11) is 1.82. The van der Waals surface area contributed by atoms with Gasteiger partial charge >= 0.3 is 0 Å². The molecule has 1 unspecified atom stereocenters. The molecule has 1 atom stereocenters. The fourth-order valence-corrected chi connectivity index (χ4v) is 3.22. The van der Waals surface area contributed by atoms with Crippen LogP contribution in [0.15, 0.2) is 47.6 Å². The molecule has 1 heterocycles. The van der Waals surface area contributed by atoms with Gasteiger partial charge in [0, 0.05) is 18.7 Å². The zero-order valence-electron chi connectivity index (χ0n) is 15.0. The zero-order chi connectivity index (χ0) is 19.6. The van der Waals surface area contributed by atoms with Crippen molar-refractivity contribution in [1.82, 2.24) is 14.8 Å². The van der Waals surface area contributed by atoms with Gasteiger partial charge in [-0.15, -0.1) is 10.2 Å². The molecule has 27 heavy (non-hydrogen) atoms. The van der Waals surface area contributed by atoms with Crippen LogP contribution in [0.2, 0.25) is 0 Å². The van der Waals surface area contributed by atoms with E-state index in [0.29, 0.717) is 11.0 Å². The lowest BCUT2D eigenvalue weighted by Crippen LogP contribution is -2.23. The summed E-state index contributed by atoms with van der Waals surface area (Å²) in [4.78, 5) is 12.3. The number of aromatic nitrogens is 3. The Morgan fingerprint density at radius 3 is 2.52 bits per heavy atom. The minimum Gasteiger partial charge on any atom is -0.323 e. The summed E-state index contributed by atoms with van der Waals surface area (Å²) in [6, 6.07) is 10.9. The average molecular weight is 388 g/mol. The first-order valence-corrected chi connectivity index (χ1v) is 9.12. The Bertz CT molecular complexity index is 972. The predicted molar refractivity (Wildman–Crippen MR) is 101 cm³/mol. The van der Waals surface area contributed by atoms with E-state index in [-0.39, 0.29) is 5.69 Å². The van der Waals surface area contributed by atoms with Gasteiger partial charge < -0.3 is 9.88 Å². The largest absolute Gasteiger partial charge is 0.323 e. The highest BCUT2D eigenvalue weighted by Crippen LogP contribution is 2.27. The lowest BCUT2D eigenvalue weighted by atomic mass is 10.1. The summed E-state index contributed by atoms with van der Waals surface area (Å²) in [5.41, 5.74) is 2.01. The second-order valence-corrected chi connectivity index (χ2v) is 7.41. The van der Waals surface area contributed by atoms with Crippen LogP contribution in [0.5, 0.6) is 0 Å². The monoisotopic (exact) mass is 388 g/mol. The number of aryl methyl sites for hydroxylation is 1. The number of nitrogens with one attached hydrogen (secondary N) is 1. The lowest BCUT2D eigenvalue weighted by Gasteiger charge is -2.12. The number of hydrogen-bond donors (Lipinski definition) is 1. The van der Waals surface area contributed by atoms with Gasteiger partial charge in [-0.2, -0.15) is 0 Å². The van der Waals surface area contributed by atoms with Crippen LogP contribution in [-0.4, -0.2) is 25.9 Å². The molecule has 0 aliphatic carbocycles. The van der Waals surface area contributed by atoms with E-state index < -0.39 is 22.8 Å². The van der Waals surface area contributed by atoms with Crippen molar-refractivity contribution in [2.45, 2.75) is 24.3 Å². The van der Waals surface area contributed by atoms with Crippen LogP contribution < -0.4 is 5.32 Å². The normalized spacial score (nSPS) is 12.0. The predicted octanol–water partition coefficient (Wildman–Crippen LogP) is 4.19. The van der Waals surface area contributed by atoms with Gasteiger partial charge in [-0.25, -0.2) is 8.78 Å².